The lowest BCUT2D eigenvalue weighted by atomic mass is 10.7. The van der Waals surface area contributed by atoms with E-state index < -0.39 is 0 Å². The number of ether oxygens (including phenoxy) is 1. The van der Waals surface area contributed by atoms with E-state index in [-0.39, 0.29) is 0 Å². The fourth-order valence-electron chi connectivity index (χ4n) is 0.513. The topological polar surface area (TPSA) is 33.6 Å². The van der Waals surface area contributed by atoms with Crippen LogP contribution in [0.2, 0.25) is 0 Å². The summed E-state index contributed by atoms with van der Waals surface area (Å²) in [4.78, 5) is 3.94. The van der Waals surface area contributed by atoms with Crippen molar-refractivity contribution in [1.82, 2.24) is 5.32 Å². The van der Waals surface area contributed by atoms with Crippen LogP contribution in [0.3, 0.4) is 0 Å². The Morgan fingerprint density at radius 1 is 1.86 bits per heavy atom. The number of methoxy groups -OCH3 is 1. The van der Waals surface area contributed by atoms with E-state index in [1.54, 1.807) is 7.11 Å². The molecule has 3 nitrogen and oxygen atoms in total. The van der Waals surface area contributed by atoms with Gasteiger partial charge in [0.05, 0.1) is 13.7 Å². The summed E-state index contributed by atoms with van der Waals surface area (Å²) in [6, 6.07) is 0.667. The van der Waals surface area contributed by atoms with Gasteiger partial charge >= 0.3 is 0 Å². The van der Waals surface area contributed by atoms with Gasteiger partial charge in [0, 0.05) is 6.54 Å². The Morgan fingerprint density at radius 2 is 2.71 bits per heavy atom. The van der Waals surface area contributed by atoms with E-state index >= 15 is 0 Å². The summed E-state index contributed by atoms with van der Waals surface area (Å²) in [5, 5.41) is 2.93. The molecule has 3 heteroatoms. The average molecular weight is 100 g/mol. The lowest BCUT2D eigenvalue weighted by molar-refractivity contribution is 0.388. The number of aliphatic imine (C=N–C) groups is 1. The molecule has 0 radical (unpaired) electrons. The van der Waals surface area contributed by atoms with Crippen LogP contribution in [0.1, 0.15) is 0 Å². The smallest absolute Gasteiger partial charge is 0.284 e. The number of hydrogen-bond donors (Lipinski definition) is 1. The molecule has 7 heavy (non-hydrogen) atoms. The summed E-state index contributed by atoms with van der Waals surface area (Å²) in [7, 11) is 1.61. The highest BCUT2D eigenvalue weighted by Gasteiger charge is 2.00. The van der Waals surface area contributed by atoms with Crippen LogP contribution in [0.25, 0.3) is 0 Å². The SMILES string of the molecule is COC1=NCCN1. The molecule has 0 amide bonds. The molecular formula is C4H8N2O. The minimum absolute atomic E-state index is 0.667. The second kappa shape index (κ2) is 1.82. The van der Waals surface area contributed by atoms with Gasteiger partial charge in [0.2, 0.25) is 0 Å². The highest BCUT2D eigenvalue weighted by Crippen LogP contribution is 1.82. The minimum Gasteiger partial charge on any atom is -0.469 e. The van der Waals surface area contributed by atoms with Crippen molar-refractivity contribution in [2.45, 2.75) is 0 Å². The van der Waals surface area contributed by atoms with Gasteiger partial charge in [-0.15, -0.1) is 0 Å². The van der Waals surface area contributed by atoms with Gasteiger partial charge in [-0.25, -0.2) is 4.99 Å². The van der Waals surface area contributed by atoms with Crippen LogP contribution in [0.4, 0.5) is 0 Å². The normalized spacial score (nSPS) is 18.1. The fraction of sp³-hybridized carbons (Fsp3) is 0.750. The molecule has 0 spiro atoms. The highest BCUT2D eigenvalue weighted by molar-refractivity contribution is 5.74. The van der Waals surface area contributed by atoms with Gasteiger partial charge in [0.15, 0.2) is 0 Å². The zero-order valence-electron chi connectivity index (χ0n) is 4.27. The van der Waals surface area contributed by atoms with E-state index in [0.29, 0.717) is 6.02 Å². The van der Waals surface area contributed by atoms with Gasteiger partial charge in [-0.1, -0.05) is 0 Å². The second-order valence-corrected chi connectivity index (χ2v) is 1.32. The van der Waals surface area contributed by atoms with Gasteiger partial charge in [0.25, 0.3) is 6.02 Å². The molecule has 0 saturated heterocycles. The minimum atomic E-state index is 0.667. The third kappa shape index (κ3) is 0.824. The summed E-state index contributed by atoms with van der Waals surface area (Å²) >= 11 is 0. The monoisotopic (exact) mass is 100 g/mol. The maximum Gasteiger partial charge on any atom is 0.284 e. The molecule has 0 saturated carbocycles. The van der Waals surface area contributed by atoms with Crippen molar-refractivity contribution in [1.29, 1.82) is 0 Å². The van der Waals surface area contributed by atoms with Crippen LogP contribution < -0.4 is 5.32 Å². The predicted molar refractivity (Wildman–Crippen MR) is 27.3 cm³/mol. The summed E-state index contributed by atoms with van der Waals surface area (Å²) < 4.78 is 4.75. The maximum absolute atomic E-state index is 4.75. The van der Waals surface area contributed by atoms with Crippen LogP contribution in [-0.2, 0) is 4.74 Å². The molecule has 0 bridgehead atoms. The van der Waals surface area contributed by atoms with Crippen LogP contribution in [0.5, 0.6) is 0 Å². The number of nitrogens with one attached hydrogen (secondary N) is 1. The Balaban J connectivity index is 2.36. The number of nitrogens with zero attached hydrogens (tertiary/aromatic N) is 1. The van der Waals surface area contributed by atoms with Crippen molar-refractivity contribution in [2.24, 2.45) is 4.99 Å². The van der Waals surface area contributed by atoms with Gasteiger partial charge in [-0.3, -0.25) is 0 Å². The lowest BCUT2D eigenvalue weighted by Crippen LogP contribution is -2.19. The van der Waals surface area contributed by atoms with Crippen LogP contribution in [-0.4, -0.2) is 26.2 Å². The van der Waals surface area contributed by atoms with Gasteiger partial charge < -0.3 is 10.1 Å². The molecule has 1 N–H and O–H groups in total. The van der Waals surface area contributed by atoms with Gasteiger partial charge in [0.1, 0.15) is 0 Å². The van der Waals surface area contributed by atoms with Gasteiger partial charge in [-0.05, 0) is 0 Å². The summed E-state index contributed by atoms with van der Waals surface area (Å²) in [5.41, 5.74) is 0. The fourth-order valence-corrected chi connectivity index (χ4v) is 0.513. The first-order valence-electron chi connectivity index (χ1n) is 2.26. The molecule has 0 unspecified atom stereocenters. The summed E-state index contributed by atoms with van der Waals surface area (Å²) in [5.74, 6) is 0. The third-order valence-electron chi connectivity index (χ3n) is 0.837. The Labute approximate surface area is 42.4 Å². The van der Waals surface area contributed by atoms with Crippen LogP contribution >= 0.6 is 0 Å². The molecule has 0 aromatic carbocycles. The van der Waals surface area contributed by atoms with E-state index in [2.05, 4.69) is 10.3 Å². The number of rotatable bonds is 0. The first kappa shape index (κ1) is 4.43. The van der Waals surface area contributed by atoms with Crippen molar-refractivity contribution in [3.63, 3.8) is 0 Å². The maximum atomic E-state index is 4.75. The molecule has 1 heterocycles. The molecule has 1 aliphatic heterocycles. The lowest BCUT2D eigenvalue weighted by Gasteiger charge is -1.94. The average Bonchev–Trinajstić information content (AvgIpc) is 2.14. The third-order valence-corrected chi connectivity index (χ3v) is 0.837. The molecule has 0 aromatic rings. The van der Waals surface area contributed by atoms with Crippen LogP contribution in [0.15, 0.2) is 4.99 Å². The van der Waals surface area contributed by atoms with Crippen molar-refractivity contribution >= 4 is 6.02 Å². The van der Waals surface area contributed by atoms with Crippen molar-refractivity contribution in [2.75, 3.05) is 20.2 Å². The predicted octanol–water partition coefficient (Wildman–Crippen LogP) is -0.408. The molecule has 40 valence electrons. The molecule has 0 fully saturated rings. The Kier molecular flexibility index (Phi) is 1.15. The van der Waals surface area contributed by atoms with Crippen molar-refractivity contribution in [3.8, 4) is 0 Å². The molecule has 1 aliphatic rings. The zero-order chi connectivity index (χ0) is 5.11. The zero-order valence-corrected chi connectivity index (χ0v) is 4.27. The first-order valence-corrected chi connectivity index (χ1v) is 2.26. The standard InChI is InChI=1S/C4H8N2O/c1-7-4-5-2-3-6-4/h2-3H2,1H3,(H,5,6). The Morgan fingerprint density at radius 3 is 3.00 bits per heavy atom. The summed E-state index contributed by atoms with van der Waals surface area (Å²) in [6.07, 6.45) is 0. The van der Waals surface area contributed by atoms with E-state index in [1.807, 2.05) is 0 Å². The molecule has 1 rings (SSSR count). The Bertz CT molecular complexity index is 89.7. The quantitative estimate of drug-likeness (QED) is 0.449. The molecular weight excluding hydrogens is 92.1 g/mol. The largest absolute Gasteiger partial charge is 0.469 e. The molecule has 0 aromatic heterocycles. The van der Waals surface area contributed by atoms with E-state index in [0.717, 1.165) is 13.1 Å². The Hall–Kier alpha value is -0.730. The summed E-state index contributed by atoms with van der Waals surface area (Å²) in [6.45, 7) is 1.77. The van der Waals surface area contributed by atoms with E-state index in [1.165, 1.54) is 0 Å². The highest BCUT2D eigenvalue weighted by atomic mass is 16.5. The van der Waals surface area contributed by atoms with Crippen molar-refractivity contribution < 1.29 is 4.74 Å². The first-order chi connectivity index (χ1) is 3.43. The van der Waals surface area contributed by atoms with Gasteiger partial charge in [-0.2, -0.15) is 0 Å². The second-order valence-electron chi connectivity index (χ2n) is 1.32. The number of hydrogen-bond acceptors (Lipinski definition) is 3. The molecule has 0 aliphatic carbocycles. The van der Waals surface area contributed by atoms with E-state index in [9.17, 15) is 0 Å². The van der Waals surface area contributed by atoms with Crippen LogP contribution in [0, 0.1) is 0 Å². The molecule has 0 atom stereocenters. The van der Waals surface area contributed by atoms with Crippen molar-refractivity contribution in [3.05, 3.63) is 0 Å². The van der Waals surface area contributed by atoms with E-state index in [4.69, 9.17) is 4.74 Å². The number of amidine groups is 1.